The van der Waals surface area contributed by atoms with Gasteiger partial charge in [-0.1, -0.05) is 13.3 Å². The summed E-state index contributed by atoms with van der Waals surface area (Å²) in [5.74, 6) is 0.447. The molecule has 29 heavy (non-hydrogen) atoms. The minimum Gasteiger partial charge on any atom is -0.496 e. The standard InChI is InChI=1S/C21H25IN2O4S/c1-3-17-6-4-5-13-24(17)29(26,27)18-10-8-16(9-11-18)23-21(25)15-7-12-20(28-2)19(22)14-15/h7-12,14,17H,3-6,13H2,1-2H3,(H,23,25). The topological polar surface area (TPSA) is 75.7 Å². The molecule has 1 N–H and O–H groups in total. The Morgan fingerprint density at radius 3 is 2.55 bits per heavy atom. The Bertz CT molecular complexity index is 977. The number of piperidine rings is 1. The van der Waals surface area contributed by atoms with Crippen LogP contribution in [0.15, 0.2) is 47.4 Å². The van der Waals surface area contributed by atoms with Gasteiger partial charge in [-0.25, -0.2) is 8.42 Å². The van der Waals surface area contributed by atoms with Crippen molar-refractivity contribution in [2.45, 2.75) is 43.5 Å². The van der Waals surface area contributed by atoms with Crippen LogP contribution in [0.5, 0.6) is 5.75 Å². The van der Waals surface area contributed by atoms with Gasteiger partial charge in [0.1, 0.15) is 5.75 Å². The summed E-state index contributed by atoms with van der Waals surface area (Å²) in [6.45, 7) is 2.59. The maximum atomic E-state index is 13.0. The summed E-state index contributed by atoms with van der Waals surface area (Å²) < 4.78 is 33.7. The summed E-state index contributed by atoms with van der Waals surface area (Å²) in [6, 6.07) is 11.6. The van der Waals surface area contributed by atoms with Gasteiger partial charge in [0.15, 0.2) is 0 Å². The fraction of sp³-hybridized carbons (Fsp3) is 0.381. The Hall–Kier alpha value is -1.65. The lowest BCUT2D eigenvalue weighted by Crippen LogP contribution is -2.43. The van der Waals surface area contributed by atoms with Gasteiger partial charge in [0.2, 0.25) is 10.0 Å². The molecular weight excluding hydrogens is 503 g/mol. The molecule has 6 nitrogen and oxygen atoms in total. The molecule has 1 heterocycles. The molecule has 0 spiro atoms. The highest BCUT2D eigenvalue weighted by atomic mass is 127. The summed E-state index contributed by atoms with van der Waals surface area (Å²) in [5.41, 5.74) is 1.05. The molecule has 2 aromatic rings. The second kappa shape index (κ2) is 9.44. The second-order valence-electron chi connectivity index (χ2n) is 7.00. The largest absolute Gasteiger partial charge is 0.496 e. The van der Waals surface area contributed by atoms with Crippen molar-refractivity contribution in [1.82, 2.24) is 4.31 Å². The van der Waals surface area contributed by atoms with Gasteiger partial charge >= 0.3 is 0 Å². The number of carbonyl (C=O) groups is 1. The van der Waals surface area contributed by atoms with Crippen LogP contribution >= 0.6 is 22.6 Å². The van der Waals surface area contributed by atoms with Gasteiger partial charge in [0.25, 0.3) is 5.91 Å². The minimum atomic E-state index is -3.53. The number of amides is 1. The first-order chi connectivity index (χ1) is 13.9. The number of halogens is 1. The van der Waals surface area contributed by atoms with E-state index in [0.29, 0.717) is 23.5 Å². The summed E-state index contributed by atoms with van der Waals surface area (Å²) in [4.78, 5) is 12.8. The van der Waals surface area contributed by atoms with Gasteiger partial charge in [-0.15, -0.1) is 0 Å². The van der Waals surface area contributed by atoms with E-state index in [9.17, 15) is 13.2 Å². The predicted molar refractivity (Wildman–Crippen MR) is 122 cm³/mol. The Balaban J connectivity index is 1.74. The van der Waals surface area contributed by atoms with Crippen LogP contribution in [-0.4, -0.2) is 38.3 Å². The van der Waals surface area contributed by atoms with Crippen LogP contribution in [-0.2, 0) is 10.0 Å². The maximum absolute atomic E-state index is 13.0. The number of carbonyl (C=O) groups excluding carboxylic acids is 1. The number of nitrogens with zero attached hydrogens (tertiary/aromatic N) is 1. The number of rotatable bonds is 6. The van der Waals surface area contributed by atoms with Crippen molar-refractivity contribution in [1.29, 1.82) is 0 Å². The van der Waals surface area contributed by atoms with Gasteiger partial charge in [-0.3, -0.25) is 4.79 Å². The molecule has 8 heteroatoms. The first kappa shape index (κ1) is 22.0. The van der Waals surface area contributed by atoms with Crippen molar-refractivity contribution < 1.29 is 17.9 Å². The normalized spacial score (nSPS) is 17.7. The van der Waals surface area contributed by atoms with Crippen LogP contribution in [0.4, 0.5) is 5.69 Å². The summed E-state index contributed by atoms with van der Waals surface area (Å²) in [7, 11) is -1.95. The SMILES string of the molecule is CCC1CCCCN1S(=O)(=O)c1ccc(NC(=O)c2ccc(OC)c(I)c2)cc1. The lowest BCUT2D eigenvalue weighted by molar-refractivity contribution is 0.102. The van der Waals surface area contributed by atoms with Gasteiger partial charge in [-0.2, -0.15) is 4.31 Å². The average molecular weight is 528 g/mol. The van der Waals surface area contributed by atoms with E-state index in [1.54, 1.807) is 53.9 Å². The van der Waals surface area contributed by atoms with E-state index in [2.05, 4.69) is 27.9 Å². The van der Waals surface area contributed by atoms with Gasteiger partial charge in [0, 0.05) is 23.8 Å². The average Bonchev–Trinajstić information content (AvgIpc) is 2.74. The molecule has 0 bridgehead atoms. The molecule has 0 aromatic heterocycles. The van der Waals surface area contributed by atoms with E-state index in [0.717, 1.165) is 29.3 Å². The molecule has 1 fully saturated rings. The minimum absolute atomic E-state index is 0.0608. The highest BCUT2D eigenvalue weighted by molar-refractivity contribution is 14.1. The third-order valence-corrected chi connectivity index (χ3v) is 7.99. The zero-order valence-corrected chi connectivity index (χ0v) is 19.5. The zero-order valence-electron chi connectivity index (χ0n) is 16.5. The van der Waals surface area contributed by atoms with Crippen LogP contribution in [0.25, 0.3) is 0 Å². The molecule has 3 rings (SSSR count). The van der Waals surface area contributed by atoms with Crippen LogP contribution in [0, 0.1) is 3.57 Å². The first-order valence-corrected chi connectivity index (χ1v) is 12.2. The number of benzene rings is 2. The molecule has 0 saturated carbocycles. The Morgan fingerprint density at radius 2 is 1.93 bits per heavy atom. The van der Waals surface area contributed by atoms with E-state index in [-0.39, 0.29) is 16.8 Å². The van der Waals surface area contributed by atoms with Crippen molar-refractivity contribution in [3.63, 3.8) is 0 Å². The maximum Gasteiger partial charge on any atom is 0.255 e. The third kappa shape index (κ3) is 4.92. The number of sulfonamides is 1. The van der Waals surface area contributed by atoms with E-state index in [4.69, 9.17) is 4.74 Å². The van der Waals surface area contributed by atoms with Crippen molar-refractivity contribution in [3.05, 3.63) is 51.6 Å². The van der Waals surface area contributed by atoms with Crippen molar-refractivity contribution in [2.24, 2.45) is 0 Å². The molecule has 0 radical (unpaired) electrons. The summed E-state index contributed by atoms with van der Waals surface area (Å²) in [6.07, 6.45) is 3.68. The summed E-state index contributed by atoms with van der Waals surface area (Å²) in [5, 5.41) is 2.81. The highest BCUT2D eigenvalue weighted by Crippen LogP contribution is 2.28. The molecule has 0 aliphatic carbocycles. The van der Waals surface area contributed by atoms with E-state index >= 15 is 0 Å². The smallest absolute Gasteiger partial charge is 0.255 e. The van der Waals surface area contributed by atoms with Crippen molar-refractivity contribution in [2.75, 3.05) is 19.0 Å². The number of hydrogen-bond donors (Lipinski definition) is 1. The van der Waals surface area contributed by atoms with E-state index in [1.165, 1.54) is 0 Å². The molecule has 1 aliphatic heterocycles. The molecule has 1 saturated heterocycles. The van der Waals surface area contributed by atoms with Crippen LogP contribution in [0.1, 0.15) is 43.0 Å². The number of anilines is 1. The first-order valence-electron chi connectivity index (χ1n) is 9.63. The highest BCUT2D eigenvalue weighted by Gasteiger charge is 2.32. The molecule has 1 amide bonds. The number of methoxy groups -OCH3 is 1. The number of ether oxygens (including phenoxy) is 1. The Kier molecular flexibility index (Phi) is 7.18. The third-order valence-electron chi connectivity index (χ3n) is 5.18. The predicted octanol–water partition coefficient (Wildman–Crippen LogP) is 4.51. The molecule has 1 unspecified atom stereocenters. The van der Waals surface area contributed by atoms with Gasteiger partial charge in [0.05, 0.1) is 15.6 Å². The zero-order chi connectivity index (χ0) is 21.0. The quantitative estimate of drug-likeness (QED) is 0.561. The lowest BCUT2D eigenvalue weighted by Gasteiger charge is -2.34. The molecule has 1 aliphatic rings. The van der Waals surface area contributed by atoms with Gasteiger partial charge in [-0.05, 0) is 84.3 Å². The fourth-order valence-electron chi connectivity index (χ4n) is 3.55. The molecule has 2 aromatic carbocycles. The van der Waals surface area contributed by atoms with Gasteiger partial charge < -0.3 is 10.1 Å². The number of nitrogens with one attached hydrogen (secondary N) is 1. The fourth-order valence-corrected chi connectivity index (χ4v) is 6.06. The van der Waals surface area contributed by atoms with Crippen LogP contribution < -0.4 is 10.1 Å². The molecule has 1 atom stereocenters. The van der Waals surface area contributed by atoms with Crippen molar-refractivity contribution in [3.8, 4) is 5.75 Å². The van der Waals surface area contributed by atoms with Crippen LogP contribution in [0.3, 0.4) is 0 Å². The van der Waals surface area contributed by atoms with Crippen molar-refractivity contribution >= 4 is 44.2 Å². The Labute approximate surface area is 185 Å². The van der Waals surface area contributed by atoms with E-state index < -0.39 is 10.0 Å². The summed E-state index contributed by atoms with van der Waals surface area (Å²) >= 11 is 2.11. The van der Waals surface area contributed by atoms with E-state index in [1.807, 2.05) is 6.92 Å². The van der Waals surface area contributed by atoms with Crippen LogP contribution in [0.2, 0.25) is 0 Å². The second-order valence-corrected chi connectivity index (χ2v) is 10.1. The lowest BCUT2D eigenvalue weighted by atomic mass is 10.0. The number of hydrogen-bond acceptors (Lipinski definition) is 4. The molecule has 156 valence electrons. The Morgan fingerprint density at radius 1 is 1.21 bits per heavy atom. The molecular formula is C21H25IN2O4S. The monoisotopic (exact) mass is 528 g/mol.